The minimum Gasteiger partial charge on any atom is -0.446 e. The molecule has 8 heteroatoms. The number of hydrogen-bond acceptors (Lipinski definition) is 7. The molecule has 2 aromatic carbocycles. The van der Waals surface area contributed by atoms with Crippen LogP contribution in [0.2, 0.25) is 0 Å². The van der Waals surface area contributed by atoms with Crippen molar-refractivity contribution >= 4 is 17.8 Å². The van der Waals surface area contributed by atoms with Crippen LogP contribution in [0.4, 0.5) is 0 Å². The molecule has 29 heavy (non-hydrogen) atoms. The number of ether oxygens (including phenoxy) is 1. The lowest BCUT2D eigenvalue weighted by molar-refractivity contribution is -0.310. The van der Waals surface area contributed by atoms with E-state index in [0.29, 0.717) is 5.23 Å². The normalized spacial score (nSPS) is 24.1. The average Bonchev–Trinajstić information content (AvgIpc) is 3.28. The van der Waals surface area contributed by atoms with Gasteiger partial charge in [0.1, 0.15) is 12.6 Å². The fraction of sp³-hybridized carbons (Fsp3) is 0.286. The predicted molar refractivity (Wildman–Crippen MR) is 99.6 cm³/mol. The second-order valence-electron chi connectivity index (χ2n) is 6.99. The van der Waals surface area contributed by atoms with Crippen molar-refractivity contribution in [2.45, 2.75) is 30.4 Å². The SMILES string of the molecule is N[C@H]1CON(OC(=O)C2(C(c3ccccc3)c3ccccc3)CCC(=O)O2)C1=O. The van der Waals surface area contributed by atoms with Crippen molar-refractivity contribution < 1.29 is 28.8 Å². The topological polar surface area (TPSA) is 108 Å². The van der Waals surface area contributed by atoms with Crippen LogP contribution in [-0.4, -0.2) is 41.3 Å². The Bertz CT molecular complexity index is 880. The number of carbonyl (C=O) groups is 3. The van der Waals surface area contributed by atoms with Gasteiger partial charge in [-0.05, 0) is 16.4 Å². The lowest BCUT2D eigenvalue weighted by Crippen LogP contribution is -2.49. The number of hydrogen-bond donors (Lipinski definition) is 1. The Morgan fingerprint density at radius 2 is 1.66 bits per heavy atom. The standard InChI is InChI=1S/C21H20N2O6/c22-16-13-27-23(19(16)25)29-20(26)21(12-11-17(24)28-21)18(14-7-3-1-4-8-14)15-9-5-2-6-10-15/h1-10,16,18H,11-13,22H2/t16-,21?/m0/s1. The van der Waals surface area contributed by atoms with E-state index in [1.807, 2.05) is 60.7 Å². The van der Waals surface area contributed by atoms with Crippen LogP contribution in [-0.2, 0) is 28.8 Å². The molecule has 0 aliphatic carbocycles. The highest BCUT2D eigenvalue weighted by molar-refractivity contribution is 5.90. The summed E-state index contributed by atoms with van der Waals surface area (Å²) < 4.78 is 5.62. The minimum absolute atomic E-state index is 0.0551. The van der Waals surface area contributed by atoms with Crippen LogP contribution in [0.5, 0.6) is 0 Å². The van der Waals surface area contributed by atoms with Crippen molar-refractivity contribution in [3.05, 3.63) is 71.8 Å². The van der Waals surface area contributed by atoms with Gasteiger partial charge in [0, 0.05) is 12.8 Å². The highest BCUT2D eigenvalue weighted by Gasteiger charge is 2.57. The van der Waals surface area contributed by atoms with Crippen molar-refractivity contribution in [1.29, 1.82) is 0 Å². The van der Waals surface area contributed by atoms with Crippen molar-refractivity contribution in [1.82, 2.24) is 5.23 Å². The molecule has 8 nitrogen and oxygen atoms in total. The highest BCUT2D eigenvalue weighted by Crippen LogP contribution is 2.45. The molecule has 2 N–H and O–H groups in total. The molecule has 2 atom stereocenters. The van der Waals surface area contributed by atoms with Gasteiger partial charge in [0.2, 0.25) is 5.60 Å². The van der Waals surface area contributed by atoms with Crippen LogP contribution < -0.4 is 5.73 Å². The maximum Gasteiger partial charge on any atom is 0.379 e. The summed E-state index contributed by atoms with van der Waals surface area (Å²) in [6.45, 7) is -0.0975. The number of nitrogens with zero attached hydrogens (tertiary/aromatic N) is 1. The van der Waals surface area contributed by atoms with E-state index < -0.39 is 35.4 Å². The Morgan fingerprint density at radius 1 is 1.07 bits per heavy atom. The smallest absolute Gasteiger partial charge is 0.379 e. The number of amides is 1. The third-order valence-electron chi connectivity index (χ3n) is 5.11. The van der Waals surface area contributed by atoms with Crippen LogP contribution in [0.3, 0.4) is 0 Å². The van der Waals surface area contributed by atoms with Gasteiger partial charge in [-0.15, -0.1) is 0 Å². The maximum atomic E-state index is 13.3. The second kappa shape index (κ2) is 7.65. The first kappa shape index (κ1) is 19.1. The Labute approximate surface area is 167 Å². The molecule has 2 heterocycles. The summed E-state index contributed by atoms with van der Waals surface area (Å²) in [5, 5.41) is 0.480. The number of carbonyl (C=O) groups excluding carboxylic acids is 3. The zero-order valence-electron chi connectivity index (χ0n) is 15.5. The van der Waals surface area contributed by atoms with Gasteiger partial charge in [0.25, 0.3) is 0 Å². The van der Waals surface area contributed by atoms with Crippen molar-refractivity contribution in [3.63, 3.8) is 0 Å². The van der Waals surface area contributed by atoms with Crippen molar-refractivity contribution in [2.24, 2.45) is 5.73 Å². The molecule has 2 aromatic rings. The first-order chi connectivity index (χ1) is 14.0. The predicted octanol–water partition coefficient (Wildman–Crippen LogP) is 1.45. The second-order valence-corrected chi connectivity index (χ2v) is 6.99. The fourth-order valence-electron chi connectivity index (χ4n) is 3.72. The molecule has 0 radical (unpaired) electrons. The van der Waals surface area contributed by atoms with Crippen LogP contribution in [0.25, 0.3) is 0 Å². The van der Waals surface area contributed by atoms with E-state index in [1.54, 1.807) is 0 Å². The Balaban J connectivity index is 1.76. The first-order valence-corrected chi connectivity index (χ1v) is 9.28. The molecule has 0 spiro atoms. The summed E-state index contributed by atoms with van der Waals surface area (Å²) >= 11 is 0. The summed E-state index contributed by atoms with van der Waals surface area (Å²) in [7, 11) is 0. The van der Waals surface area contributed by atoms with E-state index in [1.165, 1.54) is 0 Å². The van der Waals surface area contributed by atoms with E-state index in [2.05, 4.69) is 0 Å². The van der Waals surface area contributed by atoms with Crippen molar-refractivity contribution in [2.75, 3.05) is 6.61 Å². The summed E-state index contributed by atoms with van der Waals surface area (Å²) in [5.41, 5.74) is 5.51. The van der Waals surface area contributed by atoms with E-state index in [9.17, 15) is 14.4 Å². The van der Waals surface area contributed by atoms with E-state index in [0.717, 1.165) is 11.1 Å². The van der Waals surface area contributed by atoms with Gasteiger partial charge < -0.3 is 15.3 Å². The van der Waals surface area contributed by atoms with Crippen LogP contribution in [0, 0.1) is 0 Å². The number of benzene rings is 2. The van der Waals surface area contributed by atoms with Gasteiger partial charge in [-0.1, -0.05) is 60.7 Å². The van der Waals surface area contributed by atoms with E-state index in [4.69, 9.17) is 20.1 Å². The molecular formula is C21H20N2O6. The summed E-state index contributed by atoms with van der Waals surface area (Å²) in [4.78, 5) is 47.7. The number of cyclic esters (lactones) is 1. The molecule has 2 aliphatic heterocycles. The quantitative estimate of drug-likeness (QED) is 0.762. The molecule has 2 aliphatic rings. The number of esters is 1. The Morgan fingerprint density at radius 3 is 2.10 bits per heavy atom. The molecule has 0 bridgehead atoms. The van der Waals surface area contributed by atoms with Crippen molar-refractivity contribution in [3.8, 4) is 0 Å². The molecule has 1 unspecified atom stereocenters. The maximum absolute atomic E-state index is 13.3. The average molecular weight is 396 g/mol. The molecule has 150 valence electrons. The largest absolute Gasteiger partial charge is 0.446 e. The number of nitrogens with two attached hydrogens (primary N) is 1. The molecule has 1 amide bonds. The Kier molecular flexibility index (Phi) is 5.04. The lowest BCUT2D eigenvalue weighted by Gasteiger charge is -2.34. The summed E-state index contributed by atoms with van der Waals surface area (Å²) in [6.07, 6.45) is 0.160. The first-order valence-electron chi connectivity index (χ1n) is 9.28. The number of hydroxylamine groups is 2. The minimum atomic E-state index is -1.64. The molecule has 0 saturated carbocycles. The lowest BCUT2D eigenvalue weighted by atomic mass is 9.76. The fourth-order valence-corrected chi connectivity index (χ4v) is 3.72. The van der Waals surface area contributed by atoms with Gasteiger partial charge in [-0.25, -0.2) is 9.63 Å². The molecule has 2 saturated heterocycles. The monoisotopic (exact) mass is 396 g/mol. The number of rotatable bonds is 5. The van der Waals surface area contributed by atoms with Gasteiger partial charge >= 0.3 is 17.8 Å². The zero-order chi connectivity index (χ0) is 20.4. The van der Waals surface area contributed by atoms with E-state index >= 15 is 0 Å². The van der Waals surface area contributed by atoms with Gasteiger partial charge in [0.05, 0.1) is 5.92 Å². The van der Waals surface area contributed by atoms with Crippen LogP contribution >= 0.6 is 0 Å². The molecule has 4 rings (SSSR count). The van der Waals surface area contributed by atoms with Crippen LogP contribution in [0.1, 0.15) is 29.9 Å². The summed E-state index contributed by atoms with van der Waals surface area (Å²) in [5.74, 6) is -2.70. The van der Waals surface area contributed by atoms with Gasteiger partial charge in [-0.3, -0.25) is 9.59 Å². The molecular weight excluding hydrogens is 376 g/mol. The summed E-state index contributed by atoms with van der Waals surface area (Å²) in [6, 6.07) is 17.6. The van der Waals surface area contributed by atoms with E-state index in [-0.39, 0.29) is 19.4 Å². The Hall–Kier alpha value is -3.23. The third-order valence-corrected chi connectivity index (χ3v) is 5.11. The van der Waals surface area contributed by atoms with Gasteiger partial charge in [-0.2, -0.15) is 0 Å². The third kappa shape index (κ3) is 3.48. The molecule has 2 fully saturated rings. The highest BCUT2D eigenvalue weighted by atomic mass is 17.0. The van der Waals surface area contributed by atoms with Gasteiger partial charge in [0.15, 0.2) is 0 Å². The zero-order valence-corrected chi connectivity index (χ0v) is 15.5. The molecule has 0 aromatic heterocycles. The van der Waals surface area contributed by atoms with Crippen LogP contribution in [0.15, 0.2) is 60.7 Å².